The quantitative estimate of drug-likeness (QED) is 0.909. The van der Waals surface area contributed by atoms with E-state index in [1.807, 2.05) is 0 Å². The van der Waals surface area contributed by atoms with E-state index < -0.39 is 24.8 Å². The van der Waals surface area contributed by atoms with E-state index in [1.54, 1.807) is 0 Å². The Kier molecular flexibility index (Phi) is 4.12. The molecule has 1 aromatic heterocycles. The largest absolute Gasteiger partial charge is 0.482 e. The predicted octanol–water partition coefficient (Wildman–Crippen LogP) is 1.23. The third-order valence-electron chi connectivity index (χ3n) is 2.82. The fourth-order valence-corrected chi connectivity index (χ4v) is 1.90. The number of nitrogens with zero attached hydrogens (tertiary/aromatic N) is 2. The van der Waals surface area contributed by atoms with Crippen molar-refractivity contribution in [1.82, 2.24) is 9.88 Å². The van der Waals surface area contributed by atoms with Crippen LogP contribution in [0, 0.1) is 0 Å². The summed E-state index contributed by atoms with van der Waals surface area (Å²) in [6.45, 7) is -0.995. The second-order valence-electron chi connectivity index (χ2n) is 4.45. The van der Waals surface area contributed by atoms with E-state index in [4.69, 9.17) is 0 Å². The molecule has 1 aliphatic rings. The van der Waals surface area contributed by atoms with Crippen LogP contribution in [0.4, 0.5) is 13.2 Å². The van der Waals surface area contributed by atoms with Gasteiger partial charge in [0.05, 0.1) is 6.10 Å². The first-order chi connectivity index (χ1) is 9.37. The van der Waals surface area contributed by atoms with E-state index in [2.05, 4.69) is 9.72 Å². The number of hydrogen-bond acceptors (Lipinski definition) is 4. The minimum atomic E-state index is -4.49. The summed E-state index contributed by atoms with van der Waals surface area (Å²) in [5, 5.41) is 9.38. The summed E-state index contributed by atoms with van der Waals surface area (Å²) in [5.74, 6) is -0.754. The number of pyridine rings is 1. The lowest BCUT2D eigenvalue weighted by atomic mass is 10.3. The molecule has 8 heteroatoms. The number of aliphatic hydroxyl groups is 1. The zero-order chi connectivity index (χ0) is 14.8. The zero-order valence-corrected chi connectivity index (χ0v) is 10.4. The molecule has 0 aliphatic carbocycles. The Hall–Kier alpha value is -1.83. The normalized spacial score (nSPS) is 19.2. The summed E-state index contributed by atoms with van der Waals surface area (Å²) in [5.41, 5.74) is -0.175. The van der Waals surface area contributed by atoms with Gasteiger partial charge in [-0.25, -0.2) is 4.98 Å². The van der Waals surface area contributed by atoms with Crippen LogP contribution in [0.5, 0.6) is 5.75 Å². The lowest BCUT2D eigenvalue weighted by molar-refractivity contribution is -0.153. The molecule has 2 heterocycles. The summed E-state index contributed by atoms with van der Waals surface area (Å²) >= 11 is 0. The molecule has 20 heavy (non-hydrogen) atoms. The van der Waals surface area contributed by atoms with Crippen LogP contribution in [-0.2, 0) is 0 Å². The fraction of sp³-hybridized carbons (Fsp3) is 0.500. The molecule has 2 rings (SSSR count). The number of carbonyl (C=O) groups excluding carboxylic acids is 1. The van der Waals surface area contributed by atoms with Crippen molar-refractivity contribution >= 4 is 5.91 Å². The Morgan fingerprint density at radius 1 is 1.55 bits per heavy atom. The molecule has 1 aliphatic heterocycles. The maximum Gasteiger partial charge on any atom is 0.422 e. The first-order valence-electron chi connectivity index (χ1n) is 5.99. The van der Waals surface area contributed by atoms with Gasteiger partial charge in [0.2, 0.25) is 0 Å². The number of rotatable bonds is 3. The molecular formula is C12H13F3N2O3. The van der Waals surface area contributed by atoms with E-state index in [0.29, 0.717) is 13.0 Å². The zero-order valence-electron chi connectivity index (χ0n) is 10.4. The molecule has 0 saturated carbocycles. The van der Waals surface area contributed by atoms with E-state index >= 15 is 0 Å². The standard InChI is InChI=1S/C12H13F3N2O3/c13-12(14,15)7-20-9-2-1-4-16-10(9)11(19)17-5-3-8(18)6-17/h1-2,4,8,18H,3,5-7H2/t8-/m1/s1. The molecule has 0 spiro atoms. The molecule has 5 nitrogen and oxygen atoms in total. The van der Waals surface area contributed by atoms with Gasteiger partial charge >= 0.3 is 6.18 Å². The molecule has 0 bridgehead atoms. The van der Waals surface area contributed by atoms with Crippen LogP contribution in [-0.4, -0.2) is 52.9 Å². The summed E-state index contributed by atoms with van der Waals surface area (Å²) in [4.78, 5) is 17.3. The van der Waals surface area contributed by atoms with Crippen molar-refractivity contribution in [2.45, 2.75) is 18.7 Å². The minimum absolute atomic E-state index is 0.147. The van der Waals surface area contributed by atoms with Gasteiger partial charge in [-0.05, 0) is 18.6 Å². The molecular weight excluding hydrogens is 277 g/mol. The van der Waals surface area contributed by atoms with Crippen molar-refractivity contribution in [1.29, 1.82) is 0 Å². The third-order valence-corrected chi connectivity index (χ3v) is 2.82. The van der Waals surface area contributed by atoms with E-state index in [9.17, 15) is 23.1 Å². The summed E-state index contributed by atoms with van der Waals surface area (Å²) < 4.78 is 41.1. The van der Waals surface area contributed by atoms with Crippen LogP contribution >= 0.6 is 0 Å². The predicted molar refractivity (Wildman–Crippen MR) is 62.3 cm³/mol. The van der Waals surface area contributed by atoms with Gasteiger partial charge in [0.25, 0.3) is 5.91 Å². The molecule has 1 saturated heterocycles. The van der Waals surface area contributed by atoms with Gasteiger partial charge in [-0.1, -0.05) is 0 Å². The first-order valence-corrected chi connectivity index (χ1v) is 5.99. The number of β-amino-alcohol motifs (C(OH)–C–C–N with tert-alkyl or cyclic N) is 1. The average molecular weight is 290 g/mol. The van der Waals surface area contributed by atoms with Crippen LogP contribution in [0.25, 0.3) is 0 Å². The van der Waals surface area contributed by atoms with Crippen molar-refractivity contribution in [3.05, 3.63) is 24.0 Å². The number of ether oxygens (including phenoxy) is 1. The van der Waals surface area contributed by atoms with Crippen LogP contribution in [0.3, 0.4) is 0 Å². The molecule has 0 aromatic carbocycles. The van der Waals surface area contributed by atoms with Crippen molar-refractivity contribution in [3.8, 4) is 5.75 Å². The monoisotopic (exact) mass is 290 g/mol. The smallest absolute Gasteiger partial charge is 0.422 e. The number of hydrogen-bond donors (Lipinski definition) is 1. The molecule has 1 N–H and O–H groups in total. The third kappa shape index (κ3) is 3.60. The van der Waals surface area contributed by atoms with Gasteiger partial charge in [0, 0.05) is 19.3 Å². The molecule has 1 amide bonds. The van der Waals surface area contributed by atoms with E-state index in [-0.39, 0.29) is 18.0 Å². The van der Waals surface area contributed by atoms with Crippen molar-refractivity contribution in [2.75, 3.05) is 19.7 Å². The number of halogens is 3. The lowest BCUT2D eigenvalue weighted by Gasteiger charge is -2.17. The van der Waals surface area contributed by atoms with Crippen molar-refractivity contribution in [3.63, 3.8) is 0 Å². The Morgan fingerprint density at radius 3 is 2.90 bits per heavy atom. The Balaban J connectivity index is 2.13. The summed E-state index contributed by atoms with van der Waals surface area (Å²) in [7, 11) is 0. The average Bonchev–Trinajstić information content (AvgIpc) is 2.82. The Morgan fingerprint density at radius 2 is 2.30 bits per heavy atom. The van der Waals surface area contributed by atoms with E-state index in [0.717, 1.165) is 0 Å². The number of likely N-dealkylation sites (tertiary alicyclic amines) is 1. The topological polar surface area (TPSA) is 62.7 Å². The van der Waals surface area contributed by atoms with Gasteiger partial charge < -0.3 is 14.7 Å². The number of aliphatic hydroxyl groups excluding tert-OH is 1. The van der Waals surface area contributed by atoms with Crippen LogP contribution < -0.4 is 4.74 Å². The van der Waals surface area contributed by atoms with Gasteiger partial charge in [0.1, 0.15) is 0 Å². The highest BCUT2D eigenvalue weighted by Crippen LogP contribution is 2.23. The molecule has 1 fully saturated rings. The lowest BCUT2D eigenvalue weighted by Crippen LogP contribution is -2.31. The highest BCUT2D eigenvalue weighted by molar-refractivity contribution is 5.95. The van der Waals surface area contributed by atoms with Gasteiger partial charge in [-0.2, -0.15) is 13.2 Å². The second-order valence-corrected chi connectivity index (χ2v) is 4.45. The van der Waals surface area contributed by atoms with Gasteiger partial charge in [-0.3, -0.25) is 4.79 Å². The molecule has 110 valence electrons. The minimum Gasteiger partial charge on any atom is -0.482 e. The highest BCUT2D eigenvalue weighted by atomic mass is 19.4. The number of alkyl halides is 3. The number of amides is 1. The van der Waals surface area contributed by atoms with Crippen molar-refractivity contribution < 1.29 is 27.8 Å². The molecule has 1 aromatic rings. The molecule has 1 atom stereocenters. The van der Waals surface area contributed by atoms with Crippen LogP contribution in [0.2, 0.25) is 0 Å². The second kappa shape index (κ2) is 5.66. The first kappa shape index (κ1) is 14.6. The van der Waals surface area contributed by atoms with E-state index in [1.165, 1.54) is 23.2 Å². The van der Waals surface area contributed by atoms with Crippen molar-refractivity contribution in [2.24, 2.45) is 0 Å². The van der Waals surface area contributed by atoms with Crippen LogP contribution in [0.15, 0.2) is 18.3 Å². The van der Waals surface area contributed by atoms with Crippen LogP contribution in [0.1, 0.15) is 16.9 Å². The summed E-state index contributed by atoms with van der Waals surface area (Å²) in [6, 6.07) is 2.65. The Labute approximate surface area is 113 Å². The fourth-order valence-electron chi connectivity index (χ4n) is 1.90. The van der Waals surface area contributed by atoms with Gasteiger partial charge in [-0.15, -0.1) is 0 Å². The summed E-state index contributed by atoms with van der Waals surface area (Å²) in [6.07, 6.45) is -3.35. The molecule has 0 unspecified atom stereocenters. The highest BCUT2D eigenvalue weighted by Gasteiger charge is 2.31. The molecule has 0 radical (unpaired) electrons. The Bertz CT molecular complexity index is 493. The SMILES string of the molecule is O=C(c1ncccc1OCC(F)(F)F)N1CC[C@@H](O)C1. The maximum absolute atomic E-state index is 12.2. The number of aromatic nitrogens is 1. The van der Waals surface area contributed by atoms with Gasteiger partial charge in [0.15, 0.2) is 18.1 Å². The number of carbonyl (C=O) groups is 1. The maximum atomic E-state index is 12.2.